The topological polar surface area (TPSA) is 46.9 Å². The summed E-state index contributed by atoms with van der Waals surface area (Å²) in [5, 5.41) is 2.55. The summed E-state index contributed by atoms with van der Waals surface area (Å²) < 4.78 is 42.5. The second-order valence-electron chi connectivity index (χ2n) is 7.63. The van der Waals surface area contributed by atoms with E-state index in [1.54, 1.807) is 18.2 Å². The van der Waals surface area contributed by atoms with Gasteiger partial charge in [-0.25, -0.2) is 4.98 Å². The third kappa shape index (κ3) is 4.32. The number of imidazole rings is 1. The molecule has 3 rings (SSSR count). The first kappa shape index (κ1) is 22.2. The quantitative estimate of drug-likeness (QED) is 0.474. The Hall–Kier alpha value is -2.51. The summed E-state index contributed by atoms with van der Waals surface area (Å²) in [7, 11) is 0. The van der Waals surface area contributed by atoms with Crippen molar-refractivity contribution in [2.75, 3.05) is 5.32 Å². The van der Waals surface area contributed by atoms with E-state index >= 15 is 0 Å². The average Bonchev–Trinajstić information content (AvgIpc) is 3.06. The van der Waals surface area contributed by atoms with Gasteiger partial charge in [0, 0.05) is 5.69 Å². The van der Waals surface area contributed by atoms with Gasteiger partial charge in [-0.1, -0.05) is 68.2 Å². The van der Waals surface area contributed by atoms with Gasteiger partial charge in [-0.2, -0.15) is 13.2 Å². The van der Waals surface area contributed by atoms with E-state index in [1.807, 2.05) is 26.8 Å². The smallest absolute Gasteiger partial charge is 0.320 e. The highest BCUT2D eigenvalue weighted by atomic mass is 35.5. The first-order chi connectivity index (χ1) is 13.9. The second-order valence-corrected chi connectivity index (χ2v) is 8.44. The lowest BCUT2D eigenvalue weighted by atomic mass is 9.86. The van der Waals surface area contributed by atoms with Crippen molar-refractivity contribution in [2.45, 2.75) is 32.4 Å². The van der Waals surface area contributed by atoms with Crippen molar-refractivity contribution in [3.8, 4) is 5.69 Å². The van der Waals surface area contributed by atoms with Gasteiger partial charge in [-0.15, -0.1) is 0 Å². The van der Waals surface area contributed by atoms with Gasteiger partial charge in [0.2, 0.25) is 0 Å². The van der Waals surface area contributed by atoms with Gasteiger partial charge in [-0.3, -0.25) is 9.36 Å². The molecule has 1 amide bonds. The maximum Gasteiger partial charge on any atom is 0.434 e. The molecule has 1 N–H and O–H groups in total. The van der Waals surface area contributed by atoms with Crippen LogP contribution in [0.5, 0.6) is 0 Å². The maximum absolute atomic E-state index is 13.9. The molecule has 1 aromatic heterocycles. The number of hydrogen-bond acceptors (Lipinski definition) is 2. The van der Waals surface area contributed by atoms with Crippen molar-refractivity contribution in [1.82, 2.24) is 9.55 Å². The molecule has 158 valence electrons. The Labute approximate surface area is 181 Å². The lowest BCUT2D eigenvalue weighted by Gasteiger charge is -2.23. The molecule has 0 saturated carbocycles. The number of para-hydroxylation sites is 2. The Morgan fingerprint density at radius 3 is 2.17 bits per heavy atom. The Balaban J connectivity index is 2.11. The summed E-state index contributed by atoms with van der Waals surface area (Å²) in [5.74, 6) is -0.985. The lowest BCUT2D eigenvalue weighted by molar-refractivity contribution is -0.142. The number of anilines is 1. The minimum Gasteiger partial charge on any atom is -0.320 e. The number of carbonyl (C=O) groups excluding carboxylic acids is 1. The van der Waals surface area contributed by atoms with E-state index in [-0.39, 0.29) is 21.1 Å². The van der Waals surface area contributed by atoms with Gasteiger partial charge in [0.05, 0.1) is 15.7 Å². The van der Waals surface area contributed by atoms with Gasteiger partial charge in [-0.05, 0) is 29.2 Å². The molecular formula is C21H18Cl2F3N3O. The first-order valence-corrected chi connectivity index (χ1v) is 9.66. The van der Waals surface area contributed by atoms with Crippen LogP contribution in [0.4, 0.5) is 18.9 Å². The minimum atomic E-state index is -4.88. The van der Waals surface area contributed by atoms with E-state index in [0.29, 0.717) is 10.3 Å². The highest BCUT2D eigenvalue weighted by molar-refractivity contribution is 6.37. The molecule has 0 unspecified atom stereocenters. The fourth-order valence-corrected chi connectivity index (χ4v) is 3.68. The molecule has 30 heavy (non-hydrogen) atoms. The fourth-order valence-electron chi connectivity index (χ4n) is 3.10. The Bertz CT molecular complexity index is 1080. The molecular weight excluding hydrogens is 438 g/mol. The summed E-state index contributed by atoms with van der Waals surface area (Å²) in [5.41, 5.74) is -1.28. The van der Waals surface area contributed by atoms with Crippen molar-refractivity contribution in [2.24, 2.45) is 0 Å². The number of alkyl halides is 3. The first-order valence-electron chi connectivity index (χ1n) is 8.91. The van der Waals surface area contributed by atoms with Gasteiger partial charge in [0.15, 0.2) is 11.4 Å². The number of halogens is 5. The van der Waals surface area contributed by atoms with Crippen molar-refractivity contribution in [3.05, 3.63) is 75.8 Å². The molecule has 0 spiro atoms. The Morgan fingerprint density at radius 1 is 1.00 bits per heavy atom. The van der Waals surface area contributed by atoms with Gasteiger partial charge in [0.25, 0.3) is 5.91 Å². The van der Waals surface area contributed by atoms with Crippen LogP contribution < -0.4 is 5.32 Å². The van der Waals surface area contributed by atoms with E-state index in [0.717, 1.165) is 11.9 Å². The average molecular weight is 456 g/mol. The van der Waals surface area contributed by atoms with Crippen molar-refractivity contribution >= 4 is 34.8 Å². The van der Waals surface area contributed by atoms with Crippen LogP contribution in [0.2, 0.25) is 10.0 Å². The van der Waals surface area contributed by atoms with Gasteiger partial charge < -0.3 is 5.32 Å². The predicted molar refractivity (Wildman–Crippen MR) is 112 cm³/mol. The predicted octanol–water partition coefficient (Wildman–Crippen LogP) is 6.75. The molecule has 0 fully saturated rings. The molecule has 0 aliphatic carbocycles. The van der Waals surface area contributed by atoms with E-state index in [4.69, 9.17) is 23.2 Å². The lowest BCUT2D eigenvalue weighted by Crippen LogP contribution is -2.23. The third-order valence-electron chi connectivity index (χ3n) is 4.41. The number of amides is 1. The van der Waals surface area contributed by atoms with E-state index in [2.05, 4.69) is 10.3 Å². The standard InChI is InChI=1S/C21H18Cl2F3N3O/c1-20(2,3)12-7-4-5-10-15(12)28-19(30)16-18(21(24,25)26)29(11-27-16)17-13(22)8-6-9-14(17)23/h4-11H,1-3H3,(H,28,30). The summed E-state index contributed by atoms with van der Waals surface area (Å²) >= 11 is 12.1. The third-order valence-corrected chi connectivity index (χ3v) is 5.02. The molecule has 0 aliphatic rings. The van der Waals surface area contributed by atoms with Crippen LogP contribution in [0.1, 0.15) is 42.5 Å². The number of benzene rings is 2. The molecule has 9 heteroatoms. The summed E-state index contributed by atoms with van der Waals surface area (Å²) in [6.07, 6.45) is -3.99. The molecule has 1 heterocycles. The van der Waals surface area contributed by atoms with Crippen LogP contribution in [-0.4, -0.2) is 15.5 Å². The largest absolute Gasteiger partial charge is 0.434 e. The number of hydrogen-bond donors (Lipinski definition) is 1. The molecule has 0 bridgehead atoms. The zero-order chi connectivity index (χ0) is 22.3. The molecule has 0 aliphatic heterocycles. The monoisotopic (exact) mass is 455 g/mol. The number of nitrogens with zero attached hydrogens (tertiary/aromatic N) is 2. The number of rotatable bonds is 3. The zero-order valence-electron chi connectivity index (χ0n) is 16.3. The van der Waals surface area contributed by atoms with Crippen molar-refractivity contribution in [3.63, 3.8) is 0 Å². The van der Waals surface area contributed by atoms with Crippen LogP contribution in [0, 0.1) is 0 Å². The molecule has 0 saturated heterocycles. The van der Waals surface area contributed by atoms with E-state index in [1.165, 1.54) is 18.2 Å². The summed E-state index contributed by atoms with van der Waals surface area (Å²) in [6.45, 7) is 5.81. The van der Waals surface area contributed by atoms with Crippen molar-refractivity contribution < 1.29 is 18.0 Å². The number of carbonyl (C=O) groups is 1. The molecule has 2 aromatic carbocycles. The SMILES string of the molecule is CC(C)(C)c1ccccc1NC(=O)c1ncn(-c2c(Cl)cccc2Cl)c1C(F)(F)F. The summed E-state index contributed by atoms with van der Waals surface area (Å²) in [4.78, 5) is 16.6. The number of aromatic nitrogens is 2. The zero-order valence-corrected chi connectivity index (χ0v) is 17.8. The number of nitrogens with one attached hydrogen (secondary N) is 1. The van der Waals surface area contributed by atoms with Gasteiger partial charge >= 0.3 is 6.18 Å². The molecule has 3 aromatic rings. The normalized spacial score (nSPS) is 12.1. The maximum atomic E-state index is 13.9. The molecule has 0 atom stereocenters. The fraction of sp³-hybridized carbons (Fsp3) is 0.238. The second kappa shape index (κ2) is 7.96. The van der Waals surface area contributed by atoms with Crippen LogP contribution in [0.25, 0.3) is 5.69 Å². The van der Waals surface area contributed by atoms with Crippen LogP contribution in [0.15, 0.2) is 48.8 Å². The highest BCUT2D eigenvalue weighted by Gasteiger charge is 2.41. The summed E-state index contributed by atoms with van der Waals surface area (Å²) in [6, 6.07) is 11.2. The Morgan fingerprint density at radius 2 is 1.60 bits per heavy atom. The van der Waals surface area contributed by atoms with E-state index in [9.17, 15) is 18.0 Å². The van der Waals surface area contributed by atoms with E-state index < -0.39 is 23.5 Å². The molecule has 4 nitrogen and oxygen atoms in total. The van der Waals surface area contributed by atoms with Crippen LogP contribution >= 0.6 is 23.2 Å². The van der Waals surface area contributed by atoms with Crippen molar-refractivity contribution in [1.29, 1.82) is 0 Å². The Kier molecular flexibility index (Phi) is 5.89. The van der Waals surface area contributed by atoms with Crippen LogP contribution in [0.3, 0.4) is 0 Å². The highest BCUT2D eigenvalue weighted by Crippen LogP contribution is 2.38. The van der Waals surface area contributed by atoms with Gasteiger partial charge in [0.1, 0.15) is 6.33 Å². The van der Waals surface area contributed by atoms with Crippen LogP contribution in [-0.2, 0) is 11.6 Å². The molecule has 0 radical (unpaired) electrons. The minimum absolute atomic E-state index is 0.00423.